The summed E-state index contributed by atoms with van der Waals surface area (Å²) in [5, 5.41) is 41.1. The smallest absolute Gasteiger partial charge is 0.462 e. The topological polar surface area (TPSA) is 256 Å². The third-order valence-corrected chi connectivity index (χ3v) is 12.2. The van der Waals surface area contributed by atoms with Crippen molar-refractivity contribution < 1.29 is 76.9 Å². The molecule has 0 heterocycles. The molecular weight excluding hydrogens is 810 g/mol. The number of phosphoric ester groups is 2. The van der Waals surface area contributed by atoms with Crippen molar-refractivity contribution in [2.24, 2.45) is 0 Å². The first kappa shape index (κ1) is 56.0. The summed E-state index contributed by atoms with van der Waals surface area (Å²) in [6.45, 7) is 3.11. The van der Waals surface area contributed by atoms with Gasteiger partial charge in [-0.25, -0.2) is 9.13 Å². The van der Waals surface area contributed by atoms with E-state index in [1.165, 1.54) is 103 Å². The Hall–Kier alpha value is -1.00. The molecule has 0 amide bonds. The molecule has 18 heteroatoms. The zero-order valence-corrected chi connectivity index (χ0v) is 37.7. The van der Waals surface area contributed by atoms with E-state index in [9.17, 15) is 44.0 Å². The van der Waals surface area contributed by atoms with Crippen molar-refractivity contribution in [3.05, 3.63) is 0 Å². The number of esters is 2. The van der Waals surface area contributed by atoms with Gasteiger partial charge in [-0.3, -0.25) is 23.2 Å². The molecular formula is C41H80O16P2. The molecule has 8 atom stereocenters. The van der Waals surface area contributed by atoms with Crippen molar-refractivity contribution >= 4 is 27.6 Å². The van der Waals surface area contributed by atoms with Gasteiger partial charge < -0.3 is 44.6 Å². The number of carbonyl (C=O) groups excluding carboxylic acids is 2. The molecule has 1 fully saturated rings. The van der Waals surface area contributed by atoms with E-state index in [0.717, 1.165) is 51.4 Å². The second kappa shape index (κ2) is 33.5. The summed E-state index contributed by atoms with van der Waals surface area (Å²) in [6.07, 6.45) is 15.0. The average Bonchev–Trinajstić information content (AvgIpc) is 3.18. The number of phosphoric acid groups is 2. The summed E-state index contributed by atoms with van der Waals surface area (Å²) in [5.74, 6) is -1.19. The maximum absolute atomic E-state index is 12.9. The Morgan fingerprint density at radius 1 is 0.475 bits per heavy atom. The van der Waals surface area contributed by atoms with Gasteiger partial charge in [0, 0.05) is 12.8 Å². The van der Waals surface area contributed by atoms with E-state index in [1.54, 1.807) is 0 Å². The first-order valence-electron chi connectivity index (χ1n) is 22.6. The SMILES string of the molecule is CCCCCCCCCCCCCCCC(=O)OCC(COP(=O)(O)O[C@@H]1[C@@H](O)[C@H](OP(=O)(O)O)[C@@H](O)[C@@H](O)[C@H]1O)OC(=O)CCCCCCCCCCCCCCC. The van der Waals surface area contributed by atoms with Gasteiger partial charge in [0.2, 0.25) is 0 Å². The van der Waals surface area contributed by atoms with Gasteiger partial charge in [-0.1, -0.05) is 168 Å². The van der Waals surface area contributed by atoms with Crippen LogP contribution in [0.4, 0.5) is 0 Å². The monoisotopic (exact) mass is 890 g/mol. The number of hydrogen-bond donors (Lipinski definition) is 7. The number of aliphatic hydroxyl groups is 4. The quantitative estimate of drug-likeness (QED) is 0.0177. The molecule has 0 spiro atoms. The lowest BCUT2D eigenvalue weighted by Crippen LogP contribution is -2.64. The predicted octanol–water partition coefficient (Wildman–Crippen LogP) is 7.84. The van der Waals surface area contributed by atoms with Gasteiger partial charge in [0.05, 0.1) is 6.61 Å². The van der Waals surface area contributed by atoms with E-state index in [4.69, 9.17) is 28.3 Å². The van der Waals surface area contributed by atoms with Crippen LogP contribution in [-0.4, -0.2) is 103 Å². The van der Waals surface area contributed by atoms with Gasteiger partial charge in [0.15, 0.2) is 6.10 Å². The van der Waals surface area contributed by atoms with E-state index in [2.05, 4.69) is 18.4 Å². The van der Waals surface area contributed by atoms with Crippen LogP contribution in [0.25, 0.3) is 0 Å². The molecule has 0 aliphatic heterocycles. The Balaban J connectivity index is 2.61. The van der Waals surface area contributed by atoms with Gasteiger partial charge in [-0.15, -0.1) is 0 Å². The molecule has 0 aromatic rings. The van der Waals surface area contributed by atoms with Crippen LogP contribution in [0.5, 0.6) is 0 Å². The van der Waals surface area contributed by atoms with Gasteiger partial charge >= 0.3 is 27.6 Å². The fourth-order valence-electron chi connectivity index (χ4n) is 7.14. The van der Waals surface area contributed by atoms with Crippen LogP contribution in [0.2, 0.25) is 0 Å². The number of hydrogen-bond acceptors (Lipinski definition) is 13. The molecule has 59 heavy (non-hydrogen) atoms. The van der Waals surface area contributed by atoms with Crippen molar-refractivity contribution in [2.45, 2.75) is 236 Å². The van der Waals surface area contributed by atoms with E-state index < -0.39 is 83.5 Å². The van der Waals surface area contributed by atoms with Gasteiger partial charge in [0.25, 0.3) is 0 Å². The highest BCUT2D eigenvalue weighted by atomic mass is 31.2. The highest BCUT2D eigenvalue weighted by Gasteiger charge is 2.54. The Bertz CT molecular complexity index is 1170. The van der Waals surface area contributed by atoms with Crippen LogP contribution < -0.4 is 0 Å². The number of aliphatic hydroxyl groups excluding tert-OH is 4. The summed E-state index contributed by atoms with van der Waals surface area (Å²) in [4.78, 5) is 54.1. The Morgan fingerprint density at radius 3 is 1.22 bits per heavy atom. The summed E-state index contributed by atoms with van der Waals surface area (Å²) in [7, 11) is -10.6. The Labute approximate surface area is 353 Å². The molecule has 350 valence electrons. The van der Waals surface area contributed by atoms with Crippen molar-refractivity contribution in [2.75, 3.05) is 13.2 Å². The summed E-state index contributed by atoms with van der Waals surface area (Å²) >= 11 is 0. The first-order chi connectivity index (χ1) is 28.1. The third-order valence-electron chi connectivity index (χ3n) is 10.7. The Morgan fingerprint density at radius 2 is 0.831 bits per heavy atom. The molecule has 0 aromatic heterocycles. The average molecular weight is 891 g/mol. The Kier molecular flexibility index (Phi) is 31.8. The lowest BCUT2D eigenvalue weighted by molar-refractivity contribution is -0.216. The second-order valence-corrected chi connectivity index (χ2v) is 18.7. The van der Waals surface area contributed by atoms with Crippen molar-refractivity contribution in [1.29, 1.82) is 0 Å². The normalized spacial score (nSPS) is 22.5. The molecule has 0 saturated heterocycles. The number of rotatable bonds is 38. The fraction of sp³-hybridized carbons (Fsp3) is 0.951. The number of unbranched alkanes of at least 4 members (excludes halogenated alkanes) is 24. The molecule has 0 radical (unpaired) electrons. The second-order valence-electron chi connectivity index (χ2n) is 16.1. The predicted molar refractivity (Wildman–Crippen MR) is 223 cm³/mol. The molecule has 1 aliphatic carbocycles. The molecule has 1 aliphatic rings. The van der Waals surface area contributed by atoms with E-state index in [1.807, 2.05) is 0 Å². The molecule has 2 unspecified atom stereocenters. The highest BCUT2D eigenvalue weighted by molar-refractivity contribution is 7.47. The van der Waals surface area contributed by atoms with Crippen molar-refractivity contribution in [3.63, 3.8) is 0 Å². The zero-order chi connectivity index (χ0) is 43.9. The standard InChI is InChI=1S/C41H80O16P2/c1-3-5-7-9-11-13-15-17-19-21-23-25-27-29-34(42)53-31-33(55-35(43)30-28-26-24-22-20-18-16-14-12-10-8-6-4-2)32-54-59(51,52)57-41-38(46)36(44)37(45)40(39(41)47)56-58(48,49)50/h33,36-41,44-47H,3-32H2,1-2H3,(H,51,52)(H2,48,49,50)/t33?,36-,37+,38-,39+,40-,41+/m1/s1. The number of carbonyl (C=O) groups is 2. The first-order valence-corrected chi connectivity index (χ1v) is 25.6. The molecule has 1 rings (SSSR count). The van der Waals surface area contributed by atoms with Crippen LogP contribution in [-0.2, 0) is 41.8 Å². The van der Waals surface area contributed by atoms with Crippen LogP contribution in [0, 0.1) is 0 Å². The zero-order valence-electron chi connectivity index (χ0n) is 36.0. The summed E-state index contributed by atoms with van der Waals surface area (Å²) < 4.78 is 49.3. The molecule has 7 N–H and O–H groups in total. The van der Waals surface area contributed by atoms with Crippen molar-refractivity contribution in [1.82, 2.24) is 0 Å². The van der Waals surface area contributed by atoms with E-state index in [-0.39, 0.29) is 12.8 Å². The van der Waals surface area contributed by atoms with Crippen LogP contribution in [0.3, 0.4) is 0 Å². The minimum Gasteiger partial charge on any atom is -0.462 e. The van der Waals surface area contributed by atoms with Gasteiger partial charge in [-0.2, -0.15) is 0 Å². The van der Waals surface area contributed by atoms with Crippen LogP contribution >= 0.6 is 15.6 Å². The molecule has 16 nitrogen and oxygen atoms in total. The van der Waals surface area contributed by atoms with Gasteiger partial charge in [0.1, 0.15) is 43.2 Å². The maximum Gasteiger partial charge on any atom is 0.472 e. The third kappa shape index (κ3) is 28.3. The van der Waals surface area contributed by atoms with Gasteiger partial charge in [-0.05, 0) is 12.8 Å². The van der Waals surface area contributed by atoms with Crippen LogP contribution in [0.15, 0.2) is 0 Å². The minimum absolute atomic E-state index is 0.0517. The van der Waals surface area contributed by atoms with Crippen LogP contribution in [0.1, 0.15) is 194 Å². The summed E-state index contributed by atoms with van der Waals surface area (Å²) in [6, 6.07) is 0. The van der Waals surface area contributed by atoms with Crippen molar-refractivity contribution in [3.8, 4) is 0 Å². The highest BCUT2D eigenvalue weighted by Crippen LogP contribution is 2.49. The molecule has 1 saturated carbocycles. The molecule has 0 aromatic carbocycles. The fourth-order valence-corrected chi connectivity index (χ4v) is 8.68. The van der Waals surface area contributed by atoms with E-state index in [0.29, 0.717) is 12.8 Å². The lowest BCUT2D eigenvalue weighted by Gasteiger charge is -2.43. The molecule has 0 bridgehead atoms. The summed E-state index contributed by atoms with van der Waals surface area (Å²) in [5.41, 5.74) is 0. The van der Waals surface area contributed by atoms with E-state index >= 15 is 0 Å². The maximum atomic E-state index is 12.9. The largest absolute Gasteiger partial charge is 0.472 e. The number of ether oxygens (including phenoxy) is 2. The minimum atomic E-state index is -5.35. The lowest BCUT2D eigenvalue weighted by atomic mass is 9.85.